The third-order valence-corrected chi connectivity index (χ3v) is 17.0. The molecule has 0 amide bonds. The van der Waals surface area contributed by atoms with Gasteiger partial charge in [-0.05, 0) is 78.6 Å². The van der Waals surface area contributed by atoms with Crippen LogP contribution in [0.4, 0.5) is 0 Å². The van der Waals surface area contributed by atoms with Gasteiger partial charge in [-0.3, -0.25) is 0 Å². The average Bonchev–Trinajstić information content (AvgIpc) is 2.74. The summed E-state index contributed by atoms with van der Waals surface area (Å²) in [6, 6.07) is 1.46. The van der Waals surface area contributed by atoms with Gasteiger partial charge in [0, 0.05) is 38.5 Å². The van der Waals surface area contributed by atoms with E-state index >= 15 is 0 Å². The van der Waals surface area contributed by atoms with Crippen molar-refractivity contribution in [3.8, 4) is 0 Å². The van der Waals surface area contributed by atoms with Crippen LogP contribution >= 0.6 is 0 Å². The van der Waals surface area contributed by atoms with E-state index in [9.17, 15) is 9.59 Å². The summed E-state index contributed by atoms with van der Waals surface area (Å²) >= 11 is 0. The Hall–Kier alpha value is -0.912. The van der Waals surface area contributed by atoms with E-state index in [-0.39, 0.29) is 11.9 Å². The SMILES string of the molecule is C=C(C)C(=O)OCCC[Si](C)(O[Si](C)(C)C)O[Si](C)(C)C.C=C(C)C(=O)OCCC[Si](OC)(OC)OC. The maximum absolute atomic E-state index is 11.4. The molecule has 0 spiro atoms. The zero-order chi connectivity index (χ0) is 29.5. The standard InChI is InChI=1S/C14H32O4Si3.C10H20O5Si/c1-13(2)14(15)16-11-10-12-21(9,17-19(3,4)5)18-20(6,7)8;1-9(2)10(11)15-7-6-8-16(12-3,13-4)14-5/h1,10-12H2,2-9H3;1,6-8H2,2-5H3. The monoisotopic (exact) mass is 596 g/mol. The van der Waals surface area contributed by atoms with Crippen molar-refractivity contribution in [1.82, 2.24) is 0 Å². The minimum absolute atomic E-state index is 0.316. The van der Waals surface area contributed by atoms with Crippen LogP contribution in [0.25, 0.3) is 0 Å². The van der Waals surface area contributed by atoms with Crippen LogP contribution in [0.2, 0.25) is 57.9 Å². The highest BCUT2D eigenvalue weighted by molar-refractivity contribution is 6.87. The molecule has 0 unspecified atom stereocenters. The Morgan fingerprint density at radius 3 is 1.22 bits per heavy atom. The first-order valence-electron chi connectivity index (χ1n) is 12.5. The van der Waals surface area contributed by atoms with Crippen molar-refractivity contribution < 1.29 is 40.6 Å². The van der Waals surface area contributed by atoms with Gasteiger partial charge in [-0.2, -0.15) is 0 Å². The van der Waals surface area contributed by atoms with E-state index in [1.165, 1.54) is 0 Å². The third-order valence-electron chi connectivity index (χ3n) is 4.54. The van der Waals surface area contributed by atoms with E-state index in [4.69, 9.17) is 31.0 Å². The lowest BCUT2D eigenvalue weighted by atomic mass is 10.4. The first-order valence-corrected chi connectivity index (χ1v) is 23.7. The Kier molecular flexibility index (Phi) is 18.2. The van der Waals surface area contributed by atoms with Gasteiger partial charge in [0.15, 0.2) is 16.6 Å². The Balaban J connectivity index is 0. The van der Waals surface area contributed by atoms with E-state index in [2.05, 4.69) is 59.0 Å². The van der Waals surface area contributed by atoms with Crippen LogP contribution in [0.15, 0.2) is 24.3 Å². The van der Waals surface area contributed by atoms with Crippen molar-refractivity contribution in [3.63, 3.8) is 0 Å². The van der Waals surface area contributed by atoms with Crippen LogP contribution in [0, 0.1) is 0 Å². The topological polar surface area (TPSA) is 98.8 Å². The number of carbonyl (C=O) groups excluding carboxylic acids is 2. The fourth-order valence-electron chi connectivity index (χ4n) is 3.23. The fraction of sp³-hybridized carbons (Fsp3) is 0.750. The molecule has 37 heavy (non-hydrogen) atoms. The van der Waals surface area contributed by atoms with Crippen molar-refractivity contribution in [2.24, 2.45) is 0 Å². The third kappa shape index (κ3) is 19.8. The highest BCUT2D eigenvalue weighted by atomic mass is 28.5. The molecule has 0 heterocycles. The molecular formula is C24H52O9Si4. The van der Waals surface area contributed by atoms with Gasteiger partial charge in [0.1, 0.15) is 0 Å². The van der Waals surface area contributed by atoms with E-state index in [0.717, 1.165) is 12.5 Å². The van der Waals surface area contributed by atoms with Crippen LogP contribution < -0.4 is 0 Å². The molecule has 0 aromatic carbocycles. The molecule has 13 heteroatoms. The lowest BCUT2D eigenvalue weighted by molar-refractivity contribution is -0.139. The van der Waals surface area contributed by atoms with Crippen LogP contribution in [-0.4, -0.2) is 80.5 Å². The van der Waals surface area contributed by atoms with Crippen molar-refractivity contribution >= 4 is 45.9 Å². The summed E-state index contributed by atoms with van der Waals surface area (Å²) in [5.74, 6) is -0.699. The second kappa shape index (κ2) is 17.6. The number of rotatable bonds is 17. The molecule has 0 aliphatic heterocycles. The van der Waals surface area contributed by atoms with Gasteiger partial charge in [-0.1, -0.05) is 13.2 Å². The number of hydrogen-bond acceptors (Lipinski definition) is 9. The average molecular weight is 597 g/mol. The molecule has 9 nitrogen and oxygen atoms in total. The van der Waals surface area contributed by atoms with Gasteiger partial charge in [-0.25, -0.2) is 9.59 Å². The molecule has 0 N–H and O–H groups in total. The molecule has 218 valence electrons. The van der Waals surface area contributed by atoms with E-state index in [0.29, 0.717) is 36.8 Å². The van der Waals surface area contributed by atoms with Gasteiger partial charge in [0.2, 0.25) is 0 Å². The molecular weight excluding hydrogens is 545 g/mol. The van der Waals surface area contributed by atoms with Crippen molar-refractivity contribution in [3.05, 3.63) is 24.3 Å². The molecule has 0 radical (unpaired) electrons. The van der Waals surface area contributed by atoms with Crippen LogP contribution in [-0.2, 0) is 40.6 Å². The predicted molar refractivity (Wildman–Crippen MR) is 158 cm³/mol. The van der Waals surface area contributed by atoms with E-state index < -0.39 is 34.0 Å². The summed E-state index contributed by atoms with van der Waals surface area (Å²) in [5.41, 5.74) is 0.834. The molecule has 0 aliphatic rings. The molecule has 0 saturated carbocycles. The van der Waals surface area contributed by atoms with Gasteiger partial charge in [0.05, 0.1) is 13.2 Å². The summed E-state index contributed by atoms with van der Waals surface area (Å²) in [4.78, 5) is 22.4. The fourth-order valence-corrected chi connectivity index (χ4v) is 17.4. The summed E-state index contributed by atoms with van der Waals surface area (Å²) in [6.07, 6.45) is 1.41. The summed E-state index contributed by atoms with van der Waals surface area (Å²) in [7, 11) is -3.39. The first kappa shape index (κ1) is 38.2. The second-order valence-electron chi connectivity index (χ2n) is 10.9. The van der Waals surface area contributed by atoms with Crippen LogP contribution in [0.3, 0.4) is 0 Å². The number of carbonyl (C=O) groups is 2. The maximum Gasteiger partial charge on any atom is 0.500 e. The quantitative estimate of drug-likeness (QED) is 0.0913. The Morgan fingerprint density at radius 1 is 0.622 bits per heavy atom. The van der Waals surface area contributed by atoms with Gasteiger partial charge in [-0.15, -0.1) is 0 Å². The smallest absolute Gasteiger partial charge is 0.462 e. The van der Waals surface area contributed by atoms with Crippen molar-refractivity contribution in [2.75, 3.05) is 34.5 Å². The number of esters is 2. The molecule has 0 saturated heterocycles. The van der Waals surface area contributed by atoms with E-state index in [1.54, 1.807) is 35.2 Å². The largest absolute Gasteiger partial charge is 0.500 e. The lowest BCUT2D eigenvalue weighted by Gasteiger charge is -2.38. The van der Waals surface area contributed by atoms with E-state index in [1.807, 2.05) is 0 Å². The van der Waals surface area contributed by atoms with Gasteiger partial charge < -0.3 is 31.0 Å². The molecule has 0 atom stereocenters. The van der Waals surface area contributed by atoms with Gasteiger partial charge >= 0.3 is 29.3 Å². The molecule has 0 rings (SSSR count). The lowest BCUT2D eigenvalue weighted by Crippen LogP contribution is -2.52. The zero-order valence-corrected chi connectivity index (χ0v) is 29.3. The minimum atomic E-state index is -2.53. The zero-order valence-electron chi connectivity index (χ0n) is 25.3. The highest BCUT2D eigenvalue weighted by Gasteiger charge is 2.40. The summed E-state index contributed by atoms with van der Waals surface area (Å²) < 4.78 is 38.6. The number of ether oxygens (including phenoxy) is 2. The molecule has 0 fully saturated rings. The molecule has 0 aliphatic carbocycles. The van der Waals surface area contributed by atoms with Crippen molar-refractivity contribution in [2.45, 2.75) is 84.6 Å². The van der Waals surface area contributed by atoms with Crippen LogP contribution in [0.1, 0.15) is 26.7 Å². The minimum Gasteiger partial charge on any atom is -0.462 e. The number of hydrogen-bond donors (Lipinski definition) is 0. The normalized spacial score (nSPS) is 12.3. The molecule has 0 aromatic heterocycles. The second-order valence-corrected chi connectivity index (χ2v) is 26.8. The highest BCUT2D eigenvalue weighted by Crippen LogP contribution is 2.25. The predicted octanol–water partition coefficient (Wildman–Crippen LogP) is 5.64. The summed E-state index contributed by atoms with van der Waals surface area (Å²) in [6.45, 7) is 26.3. The Morgan fingerprint density at radius 2 is 0.946 bits per heavy atom. The molecule has 0 bridgehead atoms. The summed E-state index contributed by atoms with van der Waals surface area (Å²) in [5, 5.41) is 0. The first-order chi connectivity index (χ1) is 16.8. The maximum atomic E-state index is 11.4. The van der Waals surface area contributed by atoms with Crippen LogP contribution in [0.5, 0.6) is 0 Å². The molecule has 0 aromatic rings. The Labute approximate surface area is 229 Å². The van der Waals surface area contributed by atoms with Gasteiger partial charge in [0.25, 0.3) is 0 Å². The van der Waals surface area contributed by atoms with Crippen molar-refractivity contribution in [1.29, 1.82) is 0 Å². The Bertz CT molecular complexity index is 702.